The lowest BCUT2D eigenvalue weighted by Crippen LogP contribution is -2.39. The quantitative estimate of drug-likeness (QED) is 0.750. The minimum atomic E-state index is -3.60. The van der Waals surface area contributed by atoms with Crippen LogP contribution in [0.5, 0.6) is 0 Å². The van der Waals surface area contributed by atoms with Gasteiger partial charge in [0.15, 0.2) is 9.84 Å². The highest BCUT2D eigenvalue weighted by molar-refractivity contribution is 7.91. The molecule has 0 N–H and O–H groups in total. The van der Waals surface area contributed by atoms with E-state index in [0.717, 1.165) is 5.69 Å². The average Bonchev–Trinajstić information content (AvgIpc) is 3.05. The first-order chi connectivity index (χ1) is 14.4. The van der Waals surface area contributed by atoms with E-state index < -0.39 is 26.8 Å². The van der Waals surface area contributed by atoms with Gasteiger partial charge in [0.2, 0.25) is 11.8 Å². The third kappa shape index (κ3) is 3.96. The van der Waals surface area contributed by atoms with E-state index in [9.17, 15) is 22.4 Å². The average molecular weight is 431 g/mol. The van der Waals surface area contributed by atoms with Crippen LogP contribution in [0.1, 0.15) is 23.7 Å². The maximum Gasteiger partial charge on any atom is 0.228 e. The second-order valence-corrected chi connectivity index (χ2v) is 10.0. The van der Waals surface area contributed by atoms with Crippen LogP contribution in [0.25, 0.3) is 0 Å². The van der Waals surface area contributed by atoms with Crippen LogP contribution in [-0.2, 0) is 19.4 Å². The number of amides is 2. The lowest BCUT2D eigenvalue weighted by Gasteiger charge is -2.23. The van der Waals surface area contributed by atoms with Crippen molar-refractivity contribution in [1.82, 2.24) is 4.90 Å². The molecule has 0 saturated carbocycles. The molecule has 0 aromatic heterocycles. The Morgan fingerprint density at radius 3 is 2.43 bits per heavy atom. The maximum absolute atomic E-state index is 14.2. The van der Waals surface area contributed by atoms with Crippen LogP contribution in [0.3, 0.4) is 0 Å². The highest BCUT2D eigenvalue weighted by Gasteiger charge is 2.40. The Morgan fingerprint density at radius 1 is 1.00 bits per heavy atom. The second kappa shape index (κ2) is 8.18. The molecular weight excluding hydrogens is 407 g/mol. The zero-order valence-electron chi connectivity index (χ0n) is 16.4. The zero-order chi connectivity index (χ0) is 21.3. The molecule has 30 heavy (non-hydrogen) atoms. The van der Waals surface area contributed by atoms with Crippen LogP contribution in [0.15, 0.2) is 54.6 Å². The summed E-state index contributed by atoms with van der Waals surface area (Å²) in [5.74, 6) is -1.62. The van der Waals surface area contributed by atoms with Gasteiger partial charge in [-0.25, -0.2) is 12.8 Å². The highest BCUT2D eigenvalue weighted by Crippen LogP contribution is 2.32. The van der Waals surface area contributed by atoms with E-state index in [1.807, 2.05) is 30.3 Å². The van der Waals surface area contributed by atoms with Gasteiger partial charge in [-0.3, -0.25) is 9.59 Å². The Bertz CT molecular complexity index is 1060. The van der Waals surface area contributed by atoms with Gasteiger partial charge in [0.05, 0.1) is 16.9 Å². The van der Waals surface area contributed by atoms with Crippen LogP contribution < -0.4 is 4.90 Å². The number of hydrogen-bond acceptors (Lipinski definition) is 4. The molecule has 0 spiro atoms. The van der Waals surface area contributed by atoms with Gasteiger partial charge in [-0.15, -0.1) is 0 Å². The van der Waals surface area contributed by atoms with Crippen LogP contribution in [0.4, 0.5) is 10.1 Å². The monoisotopic (exact) mass is 430 g/mol. The van der Waals surface area contributed by atoms with Crippen molar-refractivity contribution < 1.29 is 22.4 Å². The summed E-state index contributed by atoms with van der Waals surface area (Å²) in [7, 11) is -3.60. The van der Waals surface area contributed by atoms with Crippen LogP contribution in [0.2, 0.25) is 0 Å². The van der Waals surface area contributed by atoms with Gasteiger partial charge in [0, 0.05) is 37.3 Å². The van der Waals surface area contributed by atoms with Gasteiger partial charge in [0.1, 0.15) is 5.82 Å². The van der Waals surface area contributed by atoms with Crippen LogP contribution in [-0.4, -0.2) is 50.5 Å². The molecule has 4 rings (SSSR count). The molecule has 0 radical (unpaired) electrons. The van der Waals surface area contributed by atoms with Crippen molar-refractivity contribution in [2.24, 2.45) is 5.92 Å². The van der Waals surface area contributed by atoms with E-state index in [2.05, 4.69) is 0 Å². The minimum absolute atomic E-state index is 0.0577. The molecule has 2 heterocycles. The normalized spacial score (nSPS) is 24.0. The lowest BCUT2D eigenvalue weighted by atomic mass is 10.1. The molecule has 158 valence electrons. The molecule has 2 aliphatic heterocycles. The summed E-state index contributed by atoms with van der Waals surface area (Å²) in [6.45, 7) is 0.552. The van der Waals surface area contributed by atoms with Crippen molar-refractivity contribution in [1.29, 1.82) is 0 Å². The van der Waals surface area contributed by atoms with Crippen molar-refractivity contribution in [2.45, 2.75) is 18.1 Å². The van der Waals surface area contributed by atoms with Gasteiger partial charge in [-0.2, -0.15) is 0 Å². The SMILES string of the molecule is O=C(C1CC(=O)N(c2ccccc2)C1)N1CCC(c2ccccc2F)S(=O)(=O)CC1. The summed E-state index contributed by atoms with van der Waals surface area (Å²) in [6.07, 6.45) is 0.242. The predicted octanol–water partition coefficient (Wildman–Crippen LogP) is 2.57. The van der Waals surface area contributed by atoms with Gasteiger partial charge < -0.3 is 9.80 Å². The molecule has 0 bridgehead atoms. The van der Waals surface area contributed by atoms with E-state index in [1.54, 1.807) is 11.0 Å². The molecular formula is C22H23FN2O4S. The molecule has 2 fully saturated rings. The number of para-hydroxylation sites is 1. The van der Waals surface area contributed by atoms with E-state index in [1.165, 1.54) is 23.1 Å². The number of benzene rings is 2. The summed E-state index contributed by atoms with van der Waals surface area (Å²) >= 11 is 0. The Hall–Kier alpha value is -2.74. The zero-order valence-corrected chi connectivity index (χ0v) is 17.2. The van der Waals surface area contributed by atoms with Gasteiger partial charge in [0.25, 0.3) is 0 Å². The first-order valence-corrected chi connectivity index (χ1v) is 11.7. The van der Waals surface area contributed by atoms with Gasteiger partial charge >= 0.3 is 0 Å². The largest absolute Gasteiger partial charge is 0.341 e. The molecule has 2 saturated heterocycles. The summed E-state index contributed by atoms with van der Waals surface area (Å²) in [5, 5.41) is -0.970. The van der Waals surface area contributed by atoms with Crippen molar-refractivity contribution in [3.05, 3.63) is 66.0 Å². The third-order valence-corrected chi connectivity index (χ3v) is 7.95. The Kier molecular flexibility index (Phi) is 5.60. The fourth-order valence-corrected chi connectivity index (χ4v) is 6.04. The first kappa shape index (κ1) is 20.5. The van der Waals surface area contributed by atoms with E-state index in [-0.39, 0.29) is 55.6 Å². The number of nitrogens with zero attached hydrogens (tertiary/aromatic N) is 2. The second-order valence-electron chi connectivity index (χ2n) is 7.73. The molecule has 8 heteroatoms. The van der Waals surface area contributed by atoms with Crippen LogP contribution in [0, 0.1) is 11.7 Å². The Balaban J connectivity index is 1.49. The summed E-state index contributed by atoms with van der Waals surface area (Å²) < 4.78 is 39.7. The van der Waals surface area contributed by atoms with E-state index >= 15 is 0 Å². The smallest absolute Gasteiger partial charge is 0.228 e. The van der Waals surface area contributed by atoms with Crippen molar-refractivity contribution in [2.75, 3.05) is 30.3 Å². The minimum Gasteiger partial charge on any atom is -0.341 e. The Morgan fingerprint density at radius 2 is 1.70 bits per heavy atom. The number of halogens is 1. The van der Waals surface area contributed by atoms with Crippen LogP contribution >= 0.6 is 0 Å². The third-order valence-electron chi connectivity index (χ3n) is 5.85. The Labute approximate surface area is 175 Å². The number of anilines is 1. The molecule has 2 aliphatic rings. The number of carbonyl (C=O) groups is 2. The molecule has 6 nitrogen and oxygen atoms in total. The molecule has 2 atom stereocenters. The van der Waals surface area contributed by atoms with Crippen molar-refractivity contribution >= 4 is 27.3 Å². The predicted molar refractivity (Wildman–Crippen MR) is 111 cm³/mol. The number of rotatable bonds is 3. The van der Waals surface area contributed by atoms with Gasteiger partial charge in [-0.1, -0.05) is 36.4 Å². The van der Waals surface area contributed by atoms with Crippen molar-refractivity contribution in [3.8, 4) is 0 Å². The molecule has 2 aromatic rings. The van der Waals surface area contributed by atoms with Gasteiger partial charge in [-0.05, 0) is 24.6 Å². The molecule has 2 unspecified atom stereocenters. The molecule has 2 aromatic carbocycles. The summed E-state index contributed by atoms with van der Waals surface area (Å²) in [5.41, 5.74) is 0.897. The van der Waals surface area contributed by atoms with E-state index in [0.29, 0.717) is 0 Å². The topological polar surface area (TPSA) is 74.8 Å². The fourth-order valence-electron chi connectivity index (χ4n) is 4.24. The van der Waals surface area contributed by atoms with Crippen molar-refractivity contribution in [3.63, 3.8) is 0 Å². The lowest BCUT2D eigenvalue weighted by molar-refractivity contribution is -0.135. The van der Waals surface area contributed by atoms with E-state index in [4.69, 9.17) is 0 Å². The molecule has 2 amide bonds. The highest BCUT2D eigenvalue weighted by atomic mass is 32.2. The summed E-state index contributed by atoms with van der Waals surface area (Å²) in [4.78, 5) is 28.6. The number of hydrogen-bond donors (Lipinski definition) is 0. The number of carbonyl (C=O) groups excluding carboxylic acids is 2. The molecule has 0 aliphatic carbocycles. The maximum atomic E-state index is 14.2. The number of sulfone groups is 1. The fraction of sp³-hybridized carbons (Fsp3) is 0.364. The summed E-state index contributed by atoms with van der Waals surface area (Å²) in [6, 6.07) is 15.0. The standard InChI is InChI=1S/C22H23FN2O4S/c23-19-9-5-4-8-18(19)20-10-11-24(12-13-30(20,28)29)22(27)16-14-21(26)25(15-16)17-6-2-1-3-7-17/h1-9,16,20H,10-15H2. The first-order valence-electron chi connectivity index (χ1n) is 9.97.